The third-order valence-corrected chi connectivity index (χ3v) is 11.5. The van der Waals surface area contributed by atoms with E-state index in [2.05, 4.69) is 16.8 Å². The Morgan fingerprint density at radius 3 is 2.70 bits per heavy atom. The highest BCUT2D eigenvalue weighted by atomic mass is 35.5. The average Bonchev–Trinajstić information content (AvgIpc) is 3.30. The molecule has 2 atom stereocenters. The molecule has 4 aromatic rings. The molecule has 3 aromatic heterocycles. The minimum Gasteiger partial charge on any atom is -0.491 e. The highest BCUT2D eigenvalue weighted by molar-refractivity contribution is 7.18. The molecule has 1 aliphatic heterocycles. The molecular formula is C34H35ClF2N4O4S. The number of aryl methyl sites for hydroxylation is 3. The highest BCUT2D eigenvalue weighted by Crippen LogP contribution is 2.65. The summed E-state index contributed by atoms with van der Waals surface area (Å²) in [5.41, 5.74) is 2.76. The van der Waals surface area contributed by atoms with Gasteiger partial charge in [0, 0.05) is 51.3 Å². The molecule has 1 saturated heterocycles. The van der Waals surface area contributed by atoms with Gasteiger partial charge in [-0.15, -0.1) is 11.3 Å². The number of carboxylic acids is 1. The topological polar surface area (TPSA) is 97.6 Å². The second-order valence-corrected chi connectivity index (χ2v) is 14.6. The fourth-order valence-electron chi connectivity index (χ4n) is 7.52. The van der Waals surface area contributed by atoms with Crippen LogP contribution in [0.5, 0.6) is 5.75 Å². The van der Waals surface area contributed by atoms with Crippen LogP contribution in [0.1, 0.15) is 65.7 Å². The van der Waals surface area contributed by atoms with E-state index in [0.29, 0.717) is 69.4 Å². The van der Waals surface area contributed by atoms with Crippen molar-refractivity contribution in [3.05, 3.63) is 73.4 Å². The number of fused-ring (bicyclic) bond motifs is 2. The third-order valence-electron chi connectivity index (χ3n) is 10.2. The number of thiophene rings is 1. The molecule has 242 valence electrons. The van der Waals surface area contributed by atoms with Gasteiger partial charge in [-0.3, -0.25) is 19.2 Å². The van der Waals surface area contributed by atoms with Crippen LogP contribution >= 0.6 is 22.9 Å². The first-order valence-corrected chi connectivity index (χ1v) is 16.8. The maximum absolute atomic E-state index is 14.3. The molecule has 3 aliphatic rings. The first-order valence-electron chi connectivity index (χ1n) is 15.6. The first-order chi connectivity index (χ1) is 21.8. The zero-order chi connectivity index (χ0) is 32.6. The van der Waals surface area contributed by atoms with E-state index >= 15 is 0 Å². The van der Waals surface area contributed by atoms with E-state index in [1.807, 2.05) is 19.9 Å². The number of halogens is 3. The summed E-state index contributed by atoms with van der Waals surface area (Å²) in [5.74, 6) is -2.48. The largest absolute Gasteiger partial charge is 0.491 e. The van der Waals surface area contributed by atoms with Gasteiger partial charge < -0.3 is 9.84 Å². The number of likely N-dealkylation sites (tertiary alicyclic amines) is 1. The van der Waals surface area contributed by atoms with Gasteiger partial charge in [0.25, 0.3) is 11.5 Å². The predicted molar refractivity (Wildman–Crippen MR) is 174 cm³/mol. The minimum absolute atomic E-state index is 0.0333. The number of hydrogen-bond donors (Lipinski definition) is 1. The van der Waals surface area contributed by atoms with Crippen molar-refractivity contribution in [3.63, 3.8) is 0 Å². The van der Waals surface area contributed by atoms with E-state index in [0.717, 1.165) is 30.6 Å². The molecular weight excluding hydrogens is 634 g/mol. The van der Waals surface area contributed by atoms with Crippen molar-refractivity contribution in [2.45, 2.75) is 77.3 Å². The third kappa shape index (κ3) is 5.20. The number of alkyl halides is 2. The Hall–Kier alpha value is -3.41. The van der Waals surface area contributed by atoms with Gasteiger partial charge in [-0.1, -0.05) is 11.6 Å². The number of piperidine rings is 1. The number of carbonyl (C=O) groups is 1. The second-order valence-electron chi connectivity index (χ2n) is 13.3. The van der Waals surface area contributed by atoms with Gasteiger partial charge in [-0.2, -0.15) is 0 Å². The Bertz CT molecular complexity index is 1960. The van der Waals surface area contributed by atoms with Gasteiger partial charge in [0.15, 0.2) is 0 Å². The zero-order valence-corrected chi connectivity index (χ0v) is 27.5. The Morgan fingerprint density at radius 2 is 1.96 bits per heavy atom. The van der Waals surface area contributed by atoms with E-state index in [1.165, 1.54) is 11.3 Å². The van der Waals surface area contributed by atoms with Crippen molar-refractivity contribution in [3.8, 4) is 16.9 Å². The molecule has 2 fully saturated rings. The van der Waals surface area contributed by atoms with Crippen LogP contribution in [0.2, 0.25) is 5.02 Å². The number of rotatable bonds is 7. The Balaban J connectivity index is 1.13. The molecule has 1 aromatic carbocycles. The lowest BCUT2D eigenvalue weighted by Crippen LogP contribution is -2.56. The molecule has 0 radical (unpaired) electrons. The van der Waals surface area contributed by atoms with Gasteiger partial charge in [-0.25, -0.2) is 18.6 Å². The molecule has 1 N–H and O–H groups in total. The van der Waals surface area contributed by atoms with Crippen molar-refractivity contribution in [2.24, 2.45) is 5.41 Å². The summed E-state index contributed by atoms with van der Waals surface area (Å²) < 4.78 is 37.2. The van der Waals surface area contributed by atoms with E-state index in [1.54, 1.807) is 28.1 Å². The average molecular weight is 669 g/mol. The van der Waals surface area contributed by atoms with Crippen molar-refractivity contribution < 1.29 is 23.4 Å². The quantitative estimate of drug-likeness (QED) is 0.228. The lowest BCUT2D eigenvalue weighted by molar-refractivity contribution is -0.0161. The van der Waals surface area contributed by atoms with Crippen LogP contribution in [0.25, 0.3) is 21.3 Å². The highest BCUT2D eigenvalue weighted by Gasteiger charge is 2.71. The van der Waals surface area contributed by atoms with Crippen molar-refractivity contribution >= 4 is 39.1 Å². The van der Waals surface area contributed by atoms with E-state index < -0.39 is 17.3 Å². The normalized spacial score (nSPS) is 23.9. The summed E-state index contributed by atoms with van der Waals surface area (Å²) in [7, 11) is 0. The van der Waals surface area contributed by atoms with Gasteiger partial charge in [-0.05, 0) is 83.7 Å². The van der Waals surface area contributed by atoms with Crippen LogP contribution in [-0.2, 0) is 19.4 Å². The fourth-order valence-corrected chi connectivity index (χ4v) is 8.70. The molecule has 1 spiro atoms. The zero-order valence-electron chi connectivity index (χ0n) is 26.0. The number of benzene rings is 1. The summed E-state index contributed by atoms with van der Waals surface area (Å²) in [6.07, 6.45) is 3.17. The number of ether oxygens (including phenoxy) is 1. The van der Waals surface area contributed by atoms with Gasteiger partial charge in [0.1, 0.15) is 18.2 Å². The molecule has 46 heavy (non-hydrogen) atoms. The molecule has 8 nitrogen and oxygen atoms in total. The summed E-state index contributed by atoms with van der Waals surface area (Å²) >= 11 is 7.71. The summed E-state index contributed by atoms with van der Waals surface area (Å²) in [4.78, 5) is 37.2. The van der Waals surface area contributed by atoms with Crippen LogP contribution in [0, 0.1) is 19.3 Å². The Labute approximate surface area is 274 Å². The van der Waals surface area contributed by atoms with E-state index in [-0.39, 0.29) is 36.2 Å². The number of hydrogen-bond acceptors (Lipinski definition) is 7. The molecule has 7 rings (SSSR count). The number of carboxylic acid groups (broad SMARTS) is 1. The first kappa shape index (κ1) is 31.2. The second kappa shape index (κ2) is 11.1. The maximum Gasteiger partial charge on any atom is 0.338 e. The van der Waals surface area contributed by atoms with Crippen LogP contribution in [0.3, 0.4) is 0 Å². The SMILES string of the molecule is Cc1cc(-c2cc(Cl)ccc2OCCn2c(C)nc3c(c2=O)C[C@@](C)(N2CCC[C@]4(C2)CC4(F)F)CC3)c2scc(C(=O)O)c2n1. The van der Waals surface area contributed by atoms with Gasteiger partial charge >= 0.3 is 5.97 Å². The summed E-state index contributed by atoms with van der Waals surface area (Å²) in [6, 6.07) is 7.17. The molecule has 4 heterocycles. The molecule has 2 aliphatic carbocycles. The number of pyridine rings is 1. The van der Waals surface area contributed by atoms with Crippen LogP contribution in [-0.4, -0.2) is 61.7 Å². The number of aromatic carboxylic acids is 1. The predicted octanol–water partition coefficient (Wildman–Crippen LogP) is 6.94. The summed E-state index contributed by atoms with van der Waals surface area (Å²) in [5, 5.41) is 11.7. The number of nitrogens with zero attached hydrogens (tertiary/aromatic N) is 4. The van der Waals surface area contributed by atoms with Crippen molar-refractivity contribution in [2.75, 3.05) is 19.7 Å². The molecule has 1 saturated carbocycles. The van der Waals surface area contributed by atoms with Gasteiger partial charge in [0.2, 0.25) is 0 Å². The maximum atomic E-state index is 14.3. The summed E-state index contributed by atoms with van der Waals surface area (Å²) in [6.45, 7) is 7.31. The fraction of sp³-hybridized carbons (Fsp3) is 0.471. The molecule has 0 unspecified atom stereocenters. The molecule has 12 heteroatoms. The van der Waals surface area contributed by atoms with E-state index in [9.17, 15) is 23.5 Å². The standard InChI is InChI=1S/C34H35ClF2N4O4S/c1-19-13-23(29-28(38-19)25(16-46-29)31(43)44)22-14-21(35)5-6-27(22)45-12-11-41-20(2)39-26-7-9-32(3,15-24(26)30(41)42)40-10-4-8-33(18-40)17-34(33,36)37/h5-6,13-14,16H,4,7-12,15,17-18H2,1-3H3,(H,43,44)/t32-,33+/m0/s1. The minimum atomic E-state index is -2.59. The molecule has 0 amide bonds. The smallest absolute Gasteiger partial charge is 0.338 e. The molecule has 0 bridgehead atoms. The lowest BCUT2D eigenvalue weighted by atomic mass is 9.78. The monoisotopic (exact) mass is 668 g/mol. The van der Waals surface area contributed by atoms with Gasteiger partial charge in [0.05, 0.1) is 33.4 Å². The Kier molecular flexibility index (Phi) is 7.53. The van der Waals surface area contributed by atoms with Crippen molar-refractivity contribution in [1.29, 1.82) is 0 Å². The van der Waals surface area contributed by atoms with E-state index in [4.69, 9.17) is 21.3 Å². The van der Waals surface area contributed by atoms with Crippen LogP contribution in [0.15, 0.2) is 34.4 Å². The Morgan fingerprint density at radius 1 is 1.17 bits per heavy atom. The van der Waals surface area contributed by atoms with Crippen molar-refractivity contribution in [1.82, 2.24) is 19.4 Å². The van der Waals surface area contributed by atoms with Crippen LogP contribution in [0.4, 0.5) is 8.78 Å². The van der Waals surface area contributed by atoms with Crippen LogP contribution < -0.4 is 10.3 Å². The lowest BCUT2D eigenvalue weighted by Gasteiger charge is -2.48. The number of aromatic nitrogens is 3.